The van der Waals surface area contributed by atoms with Crippen LogP contribution in [0.1, 0.15) is 15.9 Å². The van der Waals surface area contributed by atoms with Crippen molar-refractivity contribution in [3.05, 3.63) is 124 Å². The molecule has 10 heteroatoms. The number of hydrogen-bond donors (Lipinski definition) is 2. The standard InChI is InChI=1S/C26H21N3O5S.K/c30-26(28-35(33,34)23-9-5-2-6-10-23)22-15-16-25(29(31)32)24(17-22)27-18-19-11-13-21(14-12-19)20-7-3-1-4-8-20;/h1-17,27H,18H2,(H,28,30);. The molecule has 177 valence electrons. The Bertz CT molecular complexity index is 1460. The van der Waals surface area contributed by atoms with E-state index in [0.717, 1.165) is 16.7 Å². The molecule has 0 aromatic heterocycles. The third kappa shape index (κ3) is 6.87. The number of amides is 1. The van der Waals surface area contributed by atoms with Crippen LogP contribution in [0.2, 0.25) is 0 Å². The van der Waals surface area contributed by atoms with E-state index in [0.29, 0.717) is 0 Å². The summed E-state index contributed by atoms with van der Waals surface area (Å²) < 4.78 is 26.9. The van der Waals surface area contributed by atoms with E-state index >= 15 is 0 Å². The molecule has 8 nitrogen and oxygen atoms in total. The number of nitro groups is 1. The first-order valence-electron chi connectivity index (χ1n) is 10.6. The van der Waals surface area contributed by atoms with Gasteiger partial charge in [0.2, 0.25) is 0 Å². The maximum atomic E-state index is 12.6. The molecule has 4 aromatic rings. The van der Waals surface area contributed by atoms with Gasteiger partial charge in [0.05, 0.1) is 9.82 Å². The van der Waals surface area contributed by atoms with E-state index in [1.54, 1.807) is 18.2 Å². The first kappa shape index (κ1) is 27.7. The normalized spacial score (nSPS) is 10.7. The van der Waals surface area contributed by atoms with E-state index in [1.165, 1.54) is 30.3 Å². The van der Waals surface area contributed by atoms with Crippen molar-refractivity contribution in [2.45, 2.75) is 11.4 Å². The van der Waals surface area contributed by atoms with Crippen LogP contribution in [0.25, 0.3) is 11.1 Å². The monoisotopic (exact) mass is 526 g/mol. The summed E-state index contributed by atoms with van der Waals surface area (Å²) in [5.74, 6) is -0.890. The Morgan fingerprint density at radius 1 is 0.806 bits per heavy atom. The molecule has 0 aliphatic rings. The minimum Gasteiger partial charge on any atom is -0.375 e. The number of nitrogens with zero attached hydrogens (tertiary/aromatic N) is 1. The molecular weight excluding hydrogens is 505 g/mol. The van der Waals surface area contributed by atoms with Crippen LogP contribution in [0, 0.1) is 10.1 Å². The number of nitrogens with one attached hydrogen (secondary N) is 2. The molecule has 0 bridgehead atoms. The zero-order chi connectivity index (χ0) is 24.8. The summed E-state index contributed by atoms with van der Waals surface area (Å²) in [6.07, 6.45) is 0. The molecule has 0 atom stereocenters. The number of sulfonamides is 1. The van der Waals surface area contributed by atoms with Gasteiger partial charge in [-0.15, -0.1) is 0 Å². The SMILES string of the molecule is O=C(NS(=O)(=O)c1ccccc1)c1ccc([N+](=O)[O-])c(NCc2ccc(-c3ccccc3)cc2)c1.[K]. The van der Waals surface area contributed by atoms with Crippen LogP contribution in [0.3, 0.4) is 0 Å². The number of anilines is 1. The van der Waals surface area contributed by atoms with Gasteiger partial charge in [-0.05, 0) is 41.0 Å². The van der Waals surface area contributed by atoms with Gasteiger partial charge in [-0.1, -0.05) is 72.8 Å². The average molecular weight is 527 g/mol. The molecule has 0 aliphatic carbocycles. The zero-order valence-electron chi connectivity index (χ0n) is 19.4. The number of rotatable bonds is 8. The van der Waals surface area contributed by atoms with Gasteiger partial charge in [0.1, 0.15) is 5.69 Å². The molecule has 0 aliphatic heterocycles. The van der Waals surface area contributed by atoms with Crippen LogP contribution in [-0.2, 0) is 16.6 Å². The molecule has 36 heavy (non-hydrogen) atoms. The Hall–Kier alpha value is -2.86. The number of nitro benzene ring substituents is 1. The fraction of sp³-hybridized carbons (Fsp3) is 0.0385. The molecule has 2 N–H and O–H groups in total. The van der Waals surface area contributed by atoms with E-state index < -0.39 is 20.9 Å². The zero-order valence-corrected chi connectivity index (χ0v) is 23.4. The fourth-order valence-corrected chi connectivity index (χ4v) is 4.46. The summed E-state index contributed by atoms with van der Waals surface area (Å²) >= 11 is 0. The quantitative estimate of drug-likeness (QED) is 0.197. The van der Waals surface area contributed by atoms with Crippen molar-refractivity contribution < 1.29 is 18.1 Å². The summed E-state index contributed by atoms with van der Waals surface area (Å²) in [7, 11) is -4.08. The molecule has 0 spiro atoms. The summed E-state index contributed by atoms with van der Waals surface area (Å²) in [4.78, 5) is 23.5. The van der Waals surface area contributed by atoms with E-state index in [2.05, 4.69) is 5.32 Å². The molecule has 0 unspecified atom stereocenters. The van der Waals surface area contributed by atoms with Crippen LogP contribution in [-0.4, -0.2) is 70.6 Å². The molecule has 0 fully saturated rings. The van der Waals surface area contributed by atoms with Crippen LogP contribution in [0.5, 0.6) is 0 Å². The smallest absolute Gasteiger partial charge is 0.292 e. The van der Waals surface area contributed by atoms with Gasteiger partial charge in [0, 0.05) is 69.6 Å². The van der Waals surface area contributed by atoms with Crippen molar-refractivity contribution in [2.24, 2.45) is 0 Å². The van der Waals surface area contributed by atoms with E-state index in [4.69, 9.17) is 0 Å². The molecule has 4 rings (SSSR count). The number of benzene rings is 4. The van der Waals surface area contributed by atoms with E-state index in [1.807, 2.05) is 59.3 Å². The molecule has 4 aromatic carbocycles. The summed E-state index contributed by atoms with van der Waals surface area (Å²) in [5, 5.41) is 14.5. The number of carbonyl (C=O) groups is 1. The van der Waals surface area contributed by atoms with Crippen molar-refractivity contribution in [1.29, 1.82) is 0 Å². The van der Waals surface area contributed by atoms with Crippen molar-refractivity contribution >= 4 is 78.7 Å². The molecule has 0 saturated carbocycles. The van der Waals surface area contributed by atoms with E-state index in [-0.39, 0.29) is 79.8 Å². The Balaban J connectivity index is 0.00000361. The minimum atomic E-state index is -4.08. The van der Waals surface area contributed by atoms with Crippen molar-refractivity contribution in [3.63, 3.8) is 0 Å². The molecular formula is C26H21KN3O5S. The van der Waals surface area contributed by atoms with Gasteiger partial charge in [0.25, 0.3) is 21.6 Å². The fourth-order valence-electron chi connectivity index (χ4n) is 3.46. The topological polar surface area (TPSA) is 118 Å². The Morgan fingerprint density at radius 3 is 2.00 bits per heavy atom. The van der Waals surface area contributed by atoms with Gasteiger partial charge >= 0.3 is 0 Å². The molecule has 0 heterocycles. The Labute approximate surface area is 251 Å². The summed E-state index contributed by atoms with van der Waals surface area (Å²) in [6, 6.07) is 28.7. The van der Waals surface area contributed by atoms with Gasteiger partial charge in [-0.3, -0.25) is 14.9 Å². The Morgan fingerprint density at radius 2 is 1.39 bits per heavy atom. The minimum absolute atomic E-state index is 0. The second-order valence-corrected chi connectivity index (χ2v) is 9.34. The third-order valence-electron chi connectivity index (χ3n) is 5.28. The van der Waals surface area contributed by atoms with Crippen molar-refractivity contribution in [1.82, 2.24) is 4.72 Å². The van der Waals surface area contributed by atoms with Crippen molar-refractivity contribution in [2.75, 3.05) is 5.32 Å². The summed E-state index contributed by atoms with van der Waals surface area (Å²) in [5.41, 5.74) is 2.84. The average Bonchev–Trinajstić information content (AvgIpc) is 2.88. The Kier molecular flexibility index (Phi) is 9.54. The van der Waals surface area contributed by atoms with Crippen LogP contribution in [0.15, 0.2) is 108 Å². The third-order valence-corrected chi connectivity index (χ3v) is 6.63. The van der Waals surface area contributed by atoms with E-state index in [9.17, 15) is 23.3 Å². The maximum absolute atomic E-state index is 12.6. The van der Waals surface area contributed by atoms with Gasteiger partial charge in [0.15, 0.2) is 0 Å². The van der Waals surface area contributed by atoms with Crippen LogP contribution in [0.4, 0.5) is 11.4 Å². The maximum Gasteiger partial charge on any atom is 0.292 e. The molecule has 1 amide bonds. The van der Waals surface area contributed by atoms with Crippen LogP contribution < -0.4 is 10.0 Å². The first-order chi connectivity index (χ1) is 16.8. The first-order valence-corrected chi connectivity index (χ1v) is 12.1. The van der Waals surface area contributed by atoms with Gasteiger partial charge in [-0.2, -0.15) is 0 Å². The second kappa shape index (κ2) is 12.4. The molecule has 1 radical (unpaired) electrons. The largest absolute Gasteiger partial charge is 0.375 e. The molecule has 0 saturated heterocycles. The number of hydrogen-bond acceptors (Lipinski definition) is 6. The predicted molar refractivity (Wildman–Crippen MR) is 139 cm³/mol. The number of carbonyl (C=O) groups excluding carboxylic acids is 1. The van der Waals surface area contributed by atoms with Gasteiger partial charge < -0.3 is 5.32 Å². The predicted octanol–water partition coefficient (Wildman–Crippen LogP) is 4.61. The second-order valence-electron chi connectivity index (χ2n) is 7.65. The van der Waals surface area contributed by atoms with Crippen LogP contribution >= 0.6 is 0 Å². The summed E-state index contributed by atoms with van der Waals surface area (Å²) in [6.45, 7) is 0.267. The van der Waals surface area contributed by atoms with Crippen molar-refractivity contribution in [3.8, 4) is 11.1 Å². The van der Waals surface area contributed by atoms with Gasteiger partial charge in [-0.25, -0.2) is 13.1 Å².